The van der Waals surface area contributed by atoms with Crippen molar-refractivity contribution in [2.75, 3.05) is 0 Å². The number of nitrogens with zero attached hydrogens (tertiary/aromatic N) is 1. The summed E-state index contributed by atoms with van der Waals surface area (Å²) >= 11 is 1.72. The summed E-state index contributed by atoms with van der Waals surface area (Å²) in [6, 6.07) is 4.63. The van der Waals surface area contributed by atoms with Gasteiger partial charge in [0, 0.05) is 29.1 Å². The molecule has 82 valence electrons. The lowest BCUT2D eigenvalue weighted by Crippen LogP contribution is -2.01. The third-order valence-electron chi connectivity index (χ3n) is 3.19. The molecule has 3 rings (SSSR count). The van der Waals surface area contributed by atoms with E-state index >= 15 is 0 Å². The molecule has 2 heterocycles. The first-order valence-corrected chi connectivity index (χ1v) is 6.44. The normalized spacial score (nSPS) is 23.4. The van der Waals surface area contributed by atoms with E-state index in [0.29, 0.717) is 12.0 Å². The number of aryl methyl sites for hydroxylation is 1. The number of thiophene rings is 1. The van der Waals surface area contributed by atoms with E-state index < -0.39 is 0 Å². The van der Waals surface area contributed by atoms with Crippen LogP contribution < -0.4 is 5.73 Å². The highest BCUT2D eigenvalue weighted by Crippen LogP contribution is 2.39. The average molecular weight is 230 g/mol. The summed E-state index contributed by atoms with van der Waals surface area (Å²) < 4.78 is 0. The highest BCUT2D eigenvalue weighted by molar-refractivity contribution is 7.08. The Hall–Kier alpha value is -1.19. The highest BCUT2D eigenvalue weighted by Gasteiger charge is 2.34. The van der Waals surface area contributed by atoms with Crippen molar-refractivity contribution >= 4 is 11.3 Å². The zero-order valence-electron chi connectivity index (χ0n) is 9.18. The van der Waals surface area contributed by atoms with Crippen LogP contribution in [0.15, 0.2) is 29.1 Å². The SMILES string of the molecule is Cc1cscc1-c1ccc([C@H]2C[C@@H]2N)cn1. The van der Waals surface area contributed by atoms with Crippen molar-refractivity contribution in [1.82, 2.24) is 4.98 Å². The Labute approximate surface area is 99.1 Å². The van der Waals surface area contributed by atoms with E-state index in [1.807, 2.05) is 6.20 Å². The van der Waals surface area contributed by atoms with E-state index in [0.717, 1.165) is 12.1 Å². The second-order valence-corrected chi connectivity index (χ2v) is 5.19. The third-order valence-corrected chi connectivity index (χ3v) is 4.05. The number of rotatable bonds is 2. The first kappa shape index (κ1) is 10.00. The molecule has 0 radical (unpaired) electrons. The average Bonchev–Trinajstić information content (AvgIpc) is 2.86. The van der Waals surface area contributed by atoms with Crippen LogP contribution in [0.2, 0.25) is 0 Å². The second-order valence-electron chi connectivity index (χ2n) is 4.45. The summed E-state index contributed by atoms with van der Waals surface area (Å²) in [4.78, 5) is 4.53. The minimum Gasteiger partial charge on any atom is -0.327 e. The van der Waals surface area contributed by atoms with Crippen LogP contribution >= 0.6 is 11.3 Å². The maximum Gasteiger partial charge on any atom is 0.0713 e. The summed E-state index contributed by atoms with van der Waals surface area (Å²) in [6.45, 7) is 2.12. The first-order chi connectivity index (χ1) is 7.75. The van der Waals surface area contributed by atoms with Gasteiger partial charge >= 0.3 is 0 Å². The Morgan fingerprint density at radius 3 is 2.69 bits per heavy atom. The number of pyridine rings is 1. The molecule has 2 atom stereocenters. The molecule has 2 nitrogen and oxygen atoms in total. The Morgan fingerprint density at radius 2 is 2.19 bits per heavy atom. The zero-order valence-corrected chi connectivity index (χ0v) is 10.00. The smallest absolute Gasteiger partial charge is 0.0713 e. The van der Waals surface area contributed by atoms with Gasteiger partial charge in [-0.15, -0.1) is 0 Å². The van der Waals surface area contributed by atoms with Crippen LogP contribution in [-0.2, 0) is 0 Å². The van der Waals surface area contributed by atoms with Gasteiger partial charge in [0.15, 0.2) is 0 Å². The largest absolute Gasteiger partial charge is 0.327 e. The Kier molecular flexibility index (Phi) is 2.30. The van der Waals surface area contributed by atoms with Crippen LogP contribution in [0.5, 0.6) is 0 Å². The van der Waals surface area contributed by atoms with Crippen molar-refractivity contribution in [1.29, 1.82) is 0 Å². The fourth-order valence-corrected chi connectivity index (χ4v) is 2.85. The van der Waals surface area contributed by atoms with Gasteiger partial charge in [-0.2, -0.15) is 11.3 Å². The maximum atomic E-state index is 5.83. The summed E-state index contributed by atoms with van der Waals surface area (Å²) in [7, 11) is 0. The van der Waals surface area contributed by atoms with Gasteiger partial charge in [-0.05, 0) is 35.9 Å². The Balaban J connectivity index is 1.90. The van der Waals surface area contributed by atoms with E-state index in [9.17, 15) is 0 Å². The van der Waals surface area contributed by atoms with Crippen LogP contribution in [0.3, 0.4) is 0 Å². The molecule has 0 amide bonds. The van der Waals surface area contributed by atoms with E-state index in [4.69, 9.17) is 5.73 Å². The molecule has 1 aliphatic rings. The molecular weight excluding hydrogens is 216 g/mol. The van der Waals surface area contributed by atoms with Crippen LogP contribution in [0.25, 0.3) is 11.3 Å². The molecule has 16 heavy (non-hydrogen) atoms. The Morgan fingerprint density at radius 1 is 1.38 bits per heavy atom. The monoisotopic (exact) mass is 230 g/mol. The predicted octanol–water partition coefficient (Wildman–Crippen LogP) is 2.93. The zero-order chi connectivity index (χ0) is 11.1. The van der Waals surface area contributed by atoms with Gasteiger partial charge in [0.25, 0.3) is 0 Å². The number of hydrogen-bond acceptors (Lipinski definition) is 3. The molecule has 0 spiro atoms. The lowest BCUT2D eigenvalue weighted by molar-refractivity contribution is 0.981. The topological polar surface area (TPSA) is 38.9 Å². The van der Waals surface area contributed by atoms with Crippen molar-refractivity contribution in [3.63, 3.8) is 0 Å². The molecule has 2 aromatic heterocycles. The van der Waals surface area contributed by atoms with Crippen molar-refractivity contribution in [3.8, 4) is 11.3 Å². The molecule has 2 N–H and O–H groups in total. The molecule has 1 aliphatic carbocycles. The van der Waals surface area contributed by atoms with E-state index in [-0.39, 0.29) is 0 Å². The van der Waals surface area contributed by atoms with Crippen LogP contribution in [0.4, 0.5) is 0 Å². The van der Waals surface area contributed by atoms with Gasteiger partial charge in [-0.25, -0.2) is 0 Å². The molecule has 3 heteroatoms. The summed E-state index contributed by atoms with van der Waals surface area (Å²) in [5.41, 5.74) is 10.7. The predicted molar refractivity (Wildman–Crippen MR) is 67.6 cm³/mol. The molecule has 1 saturated carbocycles. The summed E-state index contributed by atoms with van der Waals surface area (Å²) in [5, 5.41) is 4.31. The molecule has 0 bridgehead atoms. The number of hydrogen-bond donors (Lipinski definition) is 1. The molecule has 1 fully saturated rings. The van der Waals surface area contributed by atoms with Crippen molar-refractivity contribution in [3.05, 3.63) is 40.2 Å². The third kappa shape index (κ3) is 1.66. The van der Waals surface area contributed by atoms with Gasteiger partial charge in [0.05, 0.1) is 5.69 Å². The lowest BCUT2D eigenvalue weighted by atomic mass is 10.1. The minimum absolute atomic E-state index is 0.357. The van der Waals surface area contributed by atoms with Crippen LogP contribution in [0.1, 0.15) is 23.5 Å². The summed E-state index contributed by atoms with van der Waals surface area (Å²) in [6.07, 6.45) is 3.09. The Bertz CT molecular complexity index is 501. The molecule has 0 unspecified atom stereocenters. The van der Waals surface area contributed by atoms with Gasteiger partial charge in [0.2, 0.25) is 0 Å². The first-order valence-electron chi connectivity index (χ1n) is 5.50. The van der Waals surface area contributed by atoms with Gasteiger partial charge < -0.3 is 5.73 Å². The quantitative estimate of drug-likeness (QED) is 0.861. The highest BCUT2D eigenvalue weighted by atomic mass is 32.1. The van der Waals surface area contributed by atoms with Crippen LogP contribution in [-0.4, -0.2) is 11.0 Å². The van der Waals surface area contributed by atoms with Gasteiger partial charge in [-0.3, -0.25) is 4.98 Å². The number of nitrogens with two attached hydrogens (primary N) is 1. The molecule has 0 aliphatic heterocycles. The standard InChI is InChI=1S/C13H14N2S/c1-8-6-16-7-11(8)13-3-2-9(5-15-13)10-4-12(10)14/h2-3,5-7,10,12H,4,14H2,1H3/t10-,12+/m1/s1. The molecule has 0 aromatic carbocycles. The van der Waals surface area contributed by atoms with E-state index in [1.165, 1.54) is 16.7 Å². The fraction of sp³-hybridized carbons (Fsp3) is 0.308. The van der Waals surface area contributed by atoms with Gasteiger partial charge in [-0.1, -0.05) is 6.07 Å². The van der Waals surface area contributed by atoms with Gasteiger partial charge in [0.1, 0.15) is 0 Å². The molecule has 2 aromatic rings. The van der Waals surface area contributed by atoms with Crippen molar-refractivity contribution in [2.24, 2.45) is 5.73 Å². The minimum atomic E-state index is 0.357. The van der Waals surface area contributed by atoms with Crippen molar-refractivity contribution in [2.45, 2.75) is 25.3 Å². The second kappa shape index (κ2) is 3.68. The molecule has 0 saturated heterocycles. The van der Waals surface area contributed by atoms with E-state index in [1.54, 1.807) is 11.3 Å². The lowest BCUT2D eigenvalue weighted by Gasteiger charge is -2.02. The van der Waals surface area contributed by atoms with E-state index in [2.05, 4.69) is 34.8 Å². The summed E-state index contributed by atoms with van der Waals surface area (Å²) in [5.74, 6) is 0.546. The fourth-order valence-electron chi connectivity index (χ4n) is 2.00. The molecular formula is C13H14N2S. The maximum absolute atomic E-state index is 5.83. The van der Waals surface area contributed by atoms with Crippen LogP contribution in [0, 0.1) is 6.92 Å². The number of aromatic nitrogens is 1. The van der Waals surface area contributed by atoms with Crippen molar-refractivity contribution < 1.29 is 0 Å².